The summed E-state index contributed by atoms with van der Waals surface area (Å²) in [7, 11) is 0. The highest BCUT2D eigenvalue weighted by Crippen LogP contribution is 2.33. The normalized spacial score (nSPS) is 13.9. The summed E-state index contributed by atoms with van der Waals surface area (Å²) in [6, 6.07) is 8.87. The third-order valence-electron chi connectivity index (χ3n) is 5.09. The summed E-state index contributed by atoms with van der Waals surface area (Å²) < 4.78 is 7.65. The van der Waals surface area contributed by atoms with Gasteiger partial charge in [-0.3, -0.25) is 14.2 Å². The predicted octanol–water partition coefficient (Wildman–Crippen LogP) is 3.05. The molecule has 28 heavy (non-hydrogen) atoms. The second-order valence-corrected chi connectivity index (χ2v) is 7.98. The Morgan fingerprint density at radius 3 is 2.61 bits per heavy atom. The van der Waals surface area contributed by atoms with Crippen LogP contribution >= 0.6 is 11.3 Å². The fourth-order valence-corrected chi connectivity index (χ4v) is 5.20. The molecule has 0 atom stereocenters. The van der Waals surface area contributed by atoms with E-state index in [4.69, 9.17) is 4.74 Å². The van der Waals surface area contributed by atoms with Crippen molar-refractivity contribution < 1.29 is 9.53 Å². The number of thiophene rings is 1. The molecular weight excluding hydrogens is 376 g/mol. The minimum Gasteiger partial charge on any atom is -0.465 e. The van der Waals surface area contributed by atoms with Crippen LogP contribution in [-0.2, 0) is 28.9 Å². The Bertz CT molecular complexity index is 1140. The number of aryl methyl sites for hydroxylation is 2. The Kier molecular flexibility index (Phi) is 5.17. The monoisotopic (exact) mass is 398 g/mol. The maximum atomic E-state index is 13.4. The van der Waals surface area contributed by atoms with Crippen LogP contribution in [0.4, 0.5) is 0 Å². The molecule has 0 fully saturated rings. The topological polar surface area (TPSA) is 70.3 Å². The smallest absolute Gasteiger partial charge is 0.337 e. The molecule has 0 aliphatic heterocycles. The lowest BCUT2D eigenvalue weighted by Crippen LogP contribution is -2.40. The zero-order chi connectivity index (χ0) is 19.7. The molecule has 3 aromatic rings. The molecule has 0 amide bonds. The molecule has 1 aliphatic rings. The van der Waals surface area contributed by atoms with Gasteiger partial charge in [0, 0.05) is 4.88 Å². The number of hydrogen-bond acceptors (Lipinski definition) is 5. The number of fused-ring (bicyclic) bond motifs is 3. The lowest BCUT2D eigenvalue weighted by atomic mass is 10.1. The van der Waals surface area contributed by atoms with Crippen LogP contribution in [0.2, 0.25) is 0 Å². The van der Waals surface area contributed by atoms with Crippen molar-refractivity contribution in [1.82, 2.24) is 9.13 Å². The Labute approximate surface area is 166 Å². The van der Waals surface area contributed by atoms with Gasteiger partial charge in [-0.2, -0.15) is 0 Å². The molecule has 0 N–H and O–H groups in total. The molecule has 4 rings (SSSR count). The zero-order valence-electron chi connectivity index (χ0n) is 15.8. The highest BCUT2D eigenvalue weighted by atomic mass is 32.1. The van der Waals surface area contributed by atoms with Crippen molar-refractivity contribution in [1.29, 1.82) is 0 Å². The largest absolute Gasteiger partial charge is 0.465 e. The molecule has 1 aromatic carbocycles. The zero-order valence-corrected chi connectivity index (χ0v) is 16.6. The second-order valence-electron chi connectivity index (χ2n) is 6.89. The SMILES string of the molecule is CCOC(=O)Cn1c(=O)n(-c2ccccc2)c(=O)c2c3c(sc21)CCCCC3. The van der Waals surface area contributed by atoms with Crippen molar-refractivity contribution in [2.24, 2.45) is 0 Å². The number of para-hydroxylation sites is 1. The van der Waals surface area contributed by atoms with E-state index in [-0.39, 0.29) is 18.7 Å². The van der Waals surface area contributed by atoms with Gasteiger partial charge in [-0.25, -0.2) is 9.36 Å². The molecule has 2 aromatic heterocycles. The summed E-state index contributed by atoms with van der Waals surface area (Å²) in [6.45, 7) is 1.78. The van der Waals surface area contributed by atoms with Gasteiger partial charge in [0.25, 0.3) is 5.56 Å². The van der Waals surface area contributed by atoms with Crippen molar-refractivity contribution in [3.63, 3.8) is 0 Å². The number of nitrogens with zero attached hydrogens (tertiary/aromatic N) is 2. The van der Waals surface area contributed by atoms with Crippen LogP contribution in [-0.4, -0.2) is 21.7 Å². The van der Waals surface area contributed by atoms with Crippen LogP contribution in [0.3, 0.4) is 0 Å². The van der Waals surface area contributed by atoms with E-state index < -0.39 is 11.7 Å². The van der Waals surface area contributed by atoms with Crippen molar-refractivity contribution in [2.45, 2.75) is 45.6 Å². The number of benzene rings is 1. The Morgan fingerprint density at radius 1 is 1.11 bits per heavy atom. The molecule has 0 radical (unpaired) electrons. The summed E-state index contributed by atoms with van der Waals surface area (Å²) in [5, 5.41) is 0.578. The van der Waals surface area contributed by atoms with Crippen LogP contribution in [0, 0.1) is 0 Å². The number of aromatic nitrogens is 2. The maximum Gasteiger partial charge on any atom is 0.337 e. The lowest BCUT2D eigenvalue weighted by Gasteiger charge is -2.12. The highest BCUT2D eigenvalue weighted by Gasteiger charge is 2.24. The van der Waals surface area contributed by atoms with E-state index in [0.29, 0.717) is 15.9 Å². The van der Waals surface area contributed by atoms with Gasteiger partial charge in [-0.05, 0) is 50.3 Å². The van der Waals surface area contributed by atoms with Crippen LogP contribution in [0.15, 0.2) is 39.9 Å². The van der Waals surface area contributed by atoms with Gasteiger partial charge >= 0.3 is 11.7 Å². The van der Waals surface area contributed by atoms with Gasteiger partial charge in [0.2, 0.25) is 0 Å². The molecule has 0 spiro atoms. The number of esters is 1. The van der Waals surface area contributed by atoms with Crippen molar-refractivity contribution in [3.05, 3.63) is 61.6 Å². The number of ether oxygens (including phenoxy) is 1. The van der Waals surface area contributed by atoms with Crippen molar-refractivity contribution in [3.8, 4) is 5.69 Å². The van der Waals surface area contributed by atoms with E-state index in [1.165, 1.54) is 20.5 Å². The first-order valence-electron chi connectivity index (χ1n) is 9.63. The second kappa shape index (κ2) is 7.75. The molecular formula is C21H22N2O4S. The van der Waals surface area contributed by atoms with E-state index in [2.05, 4.69) is 0 Å². The number of carbonyl (C=O) groups excluding carboxylic acids is 1. The molecule has 1 aliphatic carbocycles. The van der Waals surface area contributed by atoms with Gasteiger partial charge in [-0.15, -0.1) is 11.3 Å². The first-order chi connectivity index (χ1) is 13.6. The molecule has 146 valence electrons. The summed E-state index contributed by atoms with van der Waals surface area (Å²) in [5.74, 6) is -0.479. The number of hydrogen-bond donors (Lipinski definition) is 0. The number of rotatable bonds is 4. The summed E-state index contributed by atoms with van der Waals surface area (Å²) in [4.78, 5) is 40.6. The molecule has 0 saturated carbocycles. The molecule has 0 saturated heterocycles. The van der Waals surface area contributed by atoms with Crippen LogP contribution in [0.1, 0.15) is 36.6 Å². The average Bonchev–Trinajstić information content (AvgIpc) is 2.89. The Hall–Kier alpha value is -2.67. The van der Waals surface area contributed by atoms with Crippen LogP contribution in [0.5, 0.6) is 0 Å². The van der Waals surface area contributed by atoms with Gasteiger partial charge in [0.1, 0.15) is 11.4 Å². The Morgan fingerprint density at radius 2 is 1.86 bits per heavy atom. The molecule has 6 nitrogen and oxygen atoms in total. The summed E-state index contributed by atoms with van der Waals surface area (Å²) in [6.07, 6.45) is 4.98. The quantitative estimate of drug-likeness (QED) is 0.500. The van der Waals surface area contributed by atoms with Crippen LogP contribution in [0.25, 0.3) is 15.9 Å². The third kappa shape index (κ3) is 3.20. The minimum absolute atomic E-state index is 0.199. The molecule has 2 heterocycles. The average molecular weight is 398 g/mol. The maximum absolute atomic E-state index is 13.4. The fraction of sp³-hybridized carbons (Fsp3) is 0.381. The summed E-state index contributed by atoms with van der Waals surface area (Å²) >= 11 is 1.47. The van der Waals surface area contributed by atoms with Gasteiger partial charge in [0.15, 0.2) is 0 Å². The van der Waals surface area contributed by atoms with E-state index >= 15 is 0 Å². The van der Waals surface area contributed by atoms with Gasteiger partial charge < -0.3 is 4.74 Å². The van der Waals surface area contributed by atoms with E-state index in [0.717, 1.165) is 42.5 Å². The van der Waals surface area contributed by atoms with Crippen molar-refractivity contribution in [2.75, 3.05) is 6.61 Å². The molecule has 0 bridgehead atoms. The number of carbonyl (C=O) groups is 1. The van der Waals surface area contributed by atoms with Crippen molar-refractivity contribution >= 4 is 27.5 Å². The Balaban J connectivity index is 2.04. The lowest BCUT2D eigenvalue weighted by molar-refractivity contribution is -0.143. The first kappa shape index (κ1) is 18.7. The van der Waals surface area contributed by atoms with E-state index in [1.807, 2.05) is 6.07 Å². The fourth-order valence-electron chi connectivity index (χ4n) is 3.83. The van der Waals surface area contributed by atoms with Crippen LogP contribution < -0.4 is 11.2 Å². The van der Waals surface area contributed by atoms with Gasteiger partial charge in [-0.1, -0.05) is 24.6 Å². The highest BCUT2D eigenvalue weighted by molar-refractivity contribution is 7.18. The standard InChI is InChI=1S/C21H22N2O4S/c1-2-27-17(24)13-22-20-18(15-11-7-4-8-12-16(15)28-20)19(25)23(21(22)26)14-9-5-3-6-10-14/h3,5-6,9-10H,2,4,7-8,11-13H2,1H3. The van der Waals surface area contributed by atoms with E-state index in [9.17, 15) is 14.4 Å². The molecule has 0 unspecified atom stereocenters. The minimum atomic E-state index is -0.506. The first-order valence-corrected chi connectivity index (χ1v) is 10.4. The van der Waals surface area contributed by atoms with E-state index in [1.54, 1.807) is 31.2 Å². The summed E-state index contributed by atoms with van der Waals surface area (Å²) in [5.41, 5.74) is 0.745. The van der Waals surface area contributed by atoms with Gasteiger partial charge in [0.05, 0.1) is 17.7 Å². The third-order valence-corrected chi connectivity index (χ3v) is 6.41. The molecule has 7 heteroatoms. The predicted molar refractivity (Wildman–Crippen MR) is 110 cm³/mol.